The van der Waals surface area contributed by atoms with Crippen molar-refractivity contribution >= 4 is 18.0 Å². The molecular formula is C10H12O3S. The summed E-state index contributed by atoms with van der Waals surface area (Å²) in [5, 5.41) is 0. The van der Waals surface area contributed by atoms with Crippen LogP contribution in [0.2, 0.25) is 0 Å². The van der Waals surface area contributed by atoms with Gasteiger partial charge in [-0.05, 0) is 18.2 Å². The summed E-state index contributed by atoms with van der Waals surface area (Å²) in [5.74, 6) is 1.95. The molecule has 1 aromatic rings. The lowest BCUT2D eigenvalue weighted by Gasteiger charge is -2.08. The quantitative estimate of drug-likeness (QED) is 0.552. The number of ether oxygens (including phenoxy) is 2. The van der Waals surface area contributed by atoms with Crippen molar-refractivity contribution in [3.63, 3.8) is 0 Å². The third-order valence-electron chi connectivity index (χ3n) is 1.68. The van der Waals surface area contributed by atoms with E-state index in [9.17, 15) is 4.79 Å². The van der Waals surface area contributed by atoms with Gasteiger partial charge in [0.25, 0.3) is 0 Å². The fourth-order valence-corrected chi connectivity index (χ4v) is 1.76. The van der Waals surface area contributed by atoms with Crippen LogP contribution >= 0.6 is 11.8 Å². The van der Waals surface area contributed by atoms with Crippen molar-refractivity contribution < 1.29 is 14.3 Å². The molecule has 0 saturated heterocycles. The van der Waals surface area contributed by atoms with E-state index in [0.29, 0.717) is 5.75 Å². The number of methoxy groups -OCH3 is 2. The van der Waals surface area contributed by atoms with E-state index in [-0.39, 0.29) is 0 Å². The fraction of sp³-hybridized carbons (Fsp3) is 0.300. The highest BCUT2D eigenvalue weighted by atomic mass is 32.2. The van der Waals surface area contributed by atoms with Gasteiger partial charge in [0.15, 0.2) is 0 Å². The molecule has 0 atom stereocenters. The first-order valence-corrected chi connectivity index (χ1v) is 5.09. The minimum absolute atomic E-state index is 0.420. The number of rotatable bonds is 5. The number of thioether (sulfide) groups is 1. The molecule has 0 bridgehead atoms. The Hall–Kier alpha value is -1.16. The number of carbonyl (C=O) groups excluding carboxylic acids is 1. The van der Waals surface area contributed by atoms with Crippen LogP contribution in [0.15, 0.2) is 23.1 Å². The van der Waals surface area contributed by atoms with Crippen LogP contribution < -0.4 is 9.47 Å². The number of aldehydes is 1. The van der Waals surface area contributed by atoms with E-state index in [2.05, 4.69) is 0 Å². The van der Waals surface area contributed by atoms with Crippen LogP contribution in [0.1, 0.15) is 0 Å². The molecule has 0 unspecified atom stereocenters. The topological polar surface area (TPSA) is 35.5 Å². The molecule has 0 radical (unpaired) electrons. The van der Waals surface area contributed by atoms with E-state index in [0.717, 1.165) is 22.7 Å². The smallest absolute Gasteiger partial charge is 0.132 e. The molecule has 4 heteroatoms. The molecule has 76 valence electrons. The van der Waals surface area contributed by atoms with Gasteiger partial charge < -0.3 is 14.3 Å². The Labute approximate surface area is 87.4 Å². The van der Waals surface area contributed by atoms with Crippen LogP contribution in [0.4, 0.5) is 0 Å². The van der Waals surface area contributed by atoms with Gasteiger partial charge >= 0.3 is 0 Å². The maximum atomic E-state index is 10.2. The average Bonchev–Trinajstić information content (AvgIpc) is 2.25. The first-order valence-electron chi connectivity index (χ1n) is 4.10. The molecule has 1 rings (SSSR count). The average molecular weight is 212 g/mol. The minimum Gasteiger partial charge on any atom is -0.497 e. The third kappa shape index (κ3) is 2.67. The largest absolute Gasteiger partial charge is 0.497 e. The van der Waals surface area contributed by atoms with Gasteiger partial charge in [-0.2, -0.15) is 0 Å². The first-order chi connectivity index (χ1) is 6.81. The van der Waals surface area contributed by atoms with Crippen LogP contribution in [0.5, 0.6) is 11.5 Å². The van der Waals surface area contributed by atoms with E-state index in [1.165, 1.54) is 11.8 Å². The summed E-state index contributed by atoms with van der Waals surface area (Å²) in [5.41, 5.74) is 0. The van der Waals surface area contributed by atoms with Crippen LogP contribution in [0.25, 0.3) is 0 Å². The highest BCUT2D eigenvalue weighted by Gasteiger charge is 2.04. The number of carbonyl (C=O) groups is 1. The maximum Gasteiger partial charge on any atom is 0.132 e. The van der Waals surface area contributed by atoms with Gasteiger partial charge in [0, 0.05) is 0 Å². The highest BCUT2D eigenvalue weighted by Crippen LogP contribution is 2.32. The van der Waals surface area contributed by atoms with E-state index in [1.54, 1.807) is 14.2 Å². The Morgan fingerprint density at radius 2 is 2.14 bits per heavy atom. The molecule has 0 N–H and O–H groups in total. The summed E-state index contributed by atoms with van der Waals surface area (Å²) in [6, 6.07) is 5.50. The molecule has 0 aliphatic heterocycles. The molecule has 0 spiro atoms. The Bertz CT molecular complexity index is 312. The normalized spacial score (nSPS) is 9.57. The fourth-order valence-electron chi connectivity index (χ4n) is 1.02. The zero-order valence-corrected chi connectivity index (χ0v) is 8.97. The van der Waals surface area contributed by atoms with Gasteiger partial charge in [0.1, 0.15) is 17.8 Å². The summed E-state index contributed by atoms with van der Waals surface area (Å²) < 4.78 is 10.2. The molecule has 0 saturated carbocycles. The van der Waals surface area contributed by atoms with Crippen LogP contribution in [0, 0.1) is 0 Å². The van der Waals surface area contributed by atoms with E-state index in [4.69, 9.17) is 9.47 Å². The van der Waals surface area contributed by atoms with Crippen molar-refractivity contribution in [2.75, 3.05) is 20.0 Å². The highest BCUT2D eigenvalue weighted by molar-refractivity contribution is 8.00. The van der Waals surface area contributed by atoms with E-state index >= 15 is 0 Å². The number of benzene rings is 1. The van der Waals surface area contributed by atoms with Crippen LogP contribution in [-0.2, 0) is 4.79 Å². The zero-order valence-electron chi connectivity index (χ0n) is 8.15. The van der Waals surface area contributed by atoms with Crippen molar-refractivity contribution in [2.45, 2.75) is 4.90 Å². The number of hydrogen-bond acceptors (Lipinski definition) is 4. The molecule has 14 heavy (non-hydrogen) atoms. The second-order valence-corrected chi connectivity index (χ2v) is 3.56. The van der Waals surface area contributed by atoms with E-state index in [1.807, 2.05) is 18.2 Å². The molecule has 0 fully saturated rings. The molecule has 1 aromatic carbocycles. The second kappa shape index (κ2) is 5.54. The first kappa shape index (κ1) is 10.9. The molecule has 0 aliphatic carbocycles. The van der Waals surface area contributed by atoms with Crippen molar-refractivity contribution in [3.8, 4) is 11.5 Å². The summed E-state index contributed by atoms with van der Waals surface area (Å²) >= 11 is 1.43. The monoisotopic (exact) mass is 212 g/mol. The second-order valence-electron chi connectivity index (χ2n) is 2.49. The van der Waals surface area contributed by atoms with Crippen molar-refractivity contribution in [2.24, 2.45) is 0 Å². The molecule has 0 aromatic heterocycles. The predicted molar refractivity (Wildman–Crippen MR) is 56.3 cm³/mol. The van der Waals surface area contributed by atoms with Crippen LogP contribution in [-0.4, -0.2) is 26.3 Å². The molecule has 0 aliphatic rings. The van der Waals surface area contributed by atoms with Crippen molar-refractivity contribution in [3.05, 3.63) is 18.2 Å². The van der Waals surface area contributed by atoms with Crippen molar-refractivity contribution in [1.29, 1.82) is 0 Å². The lowest BCUT2D eigenvalue weighted by Crippen LogP contribution is -1.90. The Balaban J connectivity index is 2.89. The summed E-state index contributed by atoms with van der Waals surface area (Å²) in [7, 11) is 3.21. The zero-order chi connectivity index (χ0) is 10.4. The van der Waals surface area contributed by atoms with Gasteiger partial charge in [-0.3, -0.25) is 0 Å². The van der Waals surface area contributed by atoms with Gasteiger partial charge in [-0.15, -0.1) is 11.8 Å². The number of hydrogen-bond donors (Lipinski definition) is 0. The lowest BCUT2D eigenvalue weighted by atomic mass is 10.3. The third-order valence-corrected chi connectivity index (χ3v) is 2.61. The molecular weight excluding hydrogens is 200 g/mol. The molecule has 3 nitrogen and oxygen atoms in total. The van der Waals surface area contributed by atoms with Gasteiger partial charge in [-0.25, -0.2) is 0 Å². The van der Waals surface area contributed by atoms with Crippen molar-refractivity contribution in [1.82, 2.24) is 0 Å². The van der Waals surface area contributed by atoms with Gasteiger partial charge in [-0.1, -0.05) is 0 Å². The summed E-state index contributed by atoms with van der Waals surface area (Å²) in [6.07, 6.45) is 0.865. The lowest BCUT2D eigenvalue weighted by molar-refractivity contribution is -0.105. The SMILES string of the molecule is COc1ccc(OC)c(SCC=O)c1. The Kier molecular flexibility index (Phi) is 4.32. The molecule has 0 heterocycles. The van der Waals surface area contributed by atoms with Crippen LogP contribution in [0.3, 0.4) is 0 Å². The standard InChI is InChI=1S/C10H12O3S/c1-12-8-3-4-9(13-2)10(7-8)14-6-5-11/h3-5,7H,6H2,1-2H3. The van der Waals surface area contributed by atoms with E-state index < -0.39 is 0 Å². The summed E-state index contributed by atoms with van der Waals surface area (Å²) in [6.45, 7) is 0. The Morgan fingerprint density at radius 1 is 1.36 bits per heavy atom. The summed E-state index contributed by atoms with van der Waals surface area (Å²) in [4.78, 5) is 11.2. The maximum absolute atomic E-state index is 10.2. The van der Waals surface area contributed by atoms with Gasteiger partial charge in [0.05, 0.1) is 24.9 Å². The minimum atomic E-state index is 0.420. The Morgan fingerprint density at radius 3 is 2.71 bits per heavy atom. The molecule has 0 amide bonds. The predicted octanol–water partition coefficient (Wildman–Crippen LogP) is 1.99. The van der Waals surface area contributed by atoms with Gasteiger partial charge in [0.2, 0.25) is 0 Å².